The Balaban J connectivity index is 1.54. The van der Waals surface area contributed by atoms with Gasteiger partial charge in [0.1, 0.15) is 29.4 Å². The van der Waals surface area contributed by atoms with E-state index < -0.39 is 11.9 Å². The summed E-state index contributed by atoms with van der Waals surface area (Å²) in [5.74, 6) is -1.76. The molecule has 9 nitrogen and oxygen atoms in total. The highest BCUT2D eigenvalue weighted by atomic mass is 16.5. The lowest BCUT2D eigenvalue weighted by atomic mass is 10.0. The van der Waals surface area contributed by atoms with Crippen LogP contribution in [0.4, 0.5) is 0 Å². The standard InChI is InChI=1S/C27H21NO8/c1-34-27(33)25-22(30)13-19(17-7-3-9-20(29)12-17)14-24(25)35-10-4-6-16-5-2-8-18(11-16)23-15-21(26(31)32)28-36-23/h2-9,11-15,29-30H,10H2,1H3,(H,31,32)/b6-4+. The van der Waals surface area contributed by atoms with E-state index in [1.165, 1.54) is 31.4 Å². The van der Waals surface area contributed by atoms with E-state index in [1.54, 1.807) is 48.6 Å². The van der Waals surface area contributed by atoms with E-state index in [1.807, 2.05) is 6.07 Å². The molecule has 1 heterocycles. The number of methoxy groups -OCH3 is 1. The summed E-state index contributed by atoms with van der Waals surface area (Å²) in [5.41, 5.74) is 2.30. The second-order valence-electron chi connectivity index (χ2n) is 7.63. The molecular weight excluding hydrogens is 466 g/mol. The Morgan fingerprint density at radius 1 is 0.972 bits per heavy atom. The number of aromatic hydroxyl groups is 2. The van der Waals surface area contributed by atoms with Crippen LogP contribution in [-0.2, 0) is 4.74 Å². The normalized spacial score (nSPS) is 10.9. The van der Waals surface area contributed by atoms with E-state index in [-0.39, 0.29) is 35.1 Å². The van der Waals surface area contributed by atoms with Crippen LogP contribution in [0, 0.1) is 0 Å². The van der Waals surface area contributed by atoms with Crippen molar-refractivity contribution in [1.82, 2.24) is 5.16 Å². The Bertz CT molecular complexity index is 1450. The summed E-state index contributed by atoms with van der Waals surface area (Å²) in [6, 6.07) is 17.9. The first-order valence-corrected chi connectivity index (χ1v) is 10.7. The maximum Gasteiger partial charge on any atom is 0.358 e. The zero-order valence-electron chi connectivity index (χ0n) is 19.0. The molecule has 4 aromatic rings. The average Bonchev–Trinajstić information content (AvgIpc) is 3.37. The summed E-state index contributed by atoms with van der Waals surface area (Å²) < 4.78 is 15.7. The van der Waals surface area contributed by atoms with Gasteiger partial charge in [-0.2, -0.15) is 0 Å². The monoisotopic (exact) mass is 487 g/mol. The van der Waals surface area contributed by atoms with Crippen LogP contribution in [0.2, 0.25) is 0 Å². The van der Waals surface area contributed by atoms with E-state index in [2.05, 4.69) is 5.16 Å². The molecule has 9 heteroatoms. The first-order valence-electron chi connectivity index (χ1n) is 10.7. The highest BCUT2D eigenvalue weighted by Gasteiger charge is 2.20. The van der Waals surface area contributed by atoms with Crippen LogP contribution in [0.3, 0.4) is 0 Å². The molecule has 0 aliphatic heterocycles. The van der Waals surface area contributed by atoms with Crippen LogP contribution in [-0.4, -0.2) is 46.1 Å². The first kappa shape index (κ1) is 24.1. The molecule has 0 bridgehead atoms. The highest BCUT2D eigenvalue weighted by Crippen LogP contribution is 2.36. The van der Waals surface area contributed by atoms with Gasteiger partial charge in [-0.25, -0.2) is 9.59 Å². The number of ether oxygens (including phenoxy) is 2. The molecule has 36 heavy (non-hydrogen) atoms. The lowest BCUT2D eigenvalue weighted by molar-refractivity contribution is 0.0592. The number of aromatic carboxylic acids is 1. The minimum atomic E-state index is -1.18. The number of carbonyl (C=O) groups is 2. The van der Waals surface area contributed by atoms with Gasteiger partial charge in [-0.1, -0.05) is 41.6 Å². The van der Waals surface area contributed by atoms with Crippen LogP contribution in [0.1, 0.15) is 26.4 Å². The van der Waals surface area contributed by atoms with Gasteiger partial charge < -0.3 is 29.3 Å². The van der Waals surface area contributed by atoms with Crippen molar-refractivity contribution < 1.29 is 38.9 Å². The molecule has 0 spiro atoms. The van der Waals surface area contributed by atoms with Gasteiger partial charge in [0.25, 0.3) is 0 Å². The van der Waals surface area contributed by atoms with Gasteiger partial charge in [-0.15, -0.1) is 0 Å². The SMILES string of the molecule is COC(=O)c1c(O)cc(-c2cccc(O)c2)cc1OC/C=C/c1cccc(-c2cc(C(=O)O)no2)c1. The van der Waals surface area contributed by atoms with Gasteiger partial charge in [0.15, 0.2) is 11.5 Å². The number of carbonyl (C=O) groups excluding carboxylic acids is 1. The lowest BCUT2D eigenvalue weighted by Crippen LogP contribution is -2.06. The van der Waals surface area contributed by atoms with Crippen molar-refractivity contribution in [1.29, 1.82) is 0 Å². The smallest absolute Gasteiger partial charge is 0.358 e. The molecule has 4 rings (SSSR count). The van der Waals surface area contributed by atoms with Gasteiger partial charge >= 0.3 is 11.9 Å². The average molecular weight is 487 g/mol. The summed E-state index contributed by atoms with van der Waals surface area (Å²) >= 11 is 0. The molecule has 0 atom stereocenters. The summed E-state index contributed by atoms with van der Waals surface area (Å²) in [4.78, 5) is 23.3. The van der Waals surface area contributed by atoms with Crippen LogP contribution in [0.5, 0.6) is 17.2 Å². The molecule has 0 radical (unpaired) electrons. The quantitative estimate of drug-likeness (QED) is 0.293. The van der Waals surface area contributed by atoms with E-state index in [4.69, 9.17) is 19.1 Å². The van der Waals surface area contributed by atoms with E-state index in [0.29, 0.717) is 22.5 Å². The number of carboxylic acids is 1. The predicted molar refractivity (Wildman–Crippen MR) is 130 cm³/mol. The molecular formula is C27H21NO8. The third-order valence-corrected chi connectivity index (χ3v) is 5.20. The topological polar surface area (TPSA) is 139 Å². The Hall–Kier alpha value is -5.05. The lowest BCUT2D eigenvalue weighted by Gasteiger charge is -2.13. The van der Waals surface area contributed by atoms with Crippen LogP contribution in [0.15, 0.2) is 77.3 Å². The zero-order valence-corrected chi connectivity index (χ0v) is 19.0. The first-order chi connectivity index (χ1) is 17.4. The van der Waals surface area contributed by atoms with Crippen molar-refractivity contribution in [2.24, 2.45) is 0 Å². The number of hydrogen-bond acceptors (Lipinski definition) is 8. The molecule has 0 unspecified atom stereocenters. The number of benzene rings is 3. The molecule has 0 aliphatic carbocycles. The van der Waals surface area contributed by atoms with Crippen molar-refractivity contribution in [3.8, 4) is 39.7 Å². The largest absolute Gasteiger partial charge is 0.508 e. The molecule has 3 N–H and O–H groups in total. The number of phenolic OH excluding ortho intramolecular Hbond substituents is 2. The van der Waals surface area contributed by atoms with E-state index >= 15 is 0 Å². The summed E-state index contributed by atoms with van der Waals surface area (Å²) in [5, 5.41) is 32.8. The van der Waals surface area contributed by atoms with Crippen LogP contribution < -0.4 is 4.74 Å². The van der Waals surface area contributed by atoms with E-state index in [9.17, 15) is 19.8 Å². The van der Waals surface area contributed by atoms with Crippen molar-refractivity contribution in [2.45, 2.75) is 0 Å². The van der Waals surface area contributed by atoms with Gasteiger partial charge in [0, 0.05) is 11.6 Å². The number of phenols is 2. The number of nitrogens with zero attached hydrogens (tertiary/aromatic N) is 1. The highest BCUT2D eigenvalue weighted by molar-refractivity contribution is 5.96. The van der Waals surface area contributed by atoms with Crippen molar-refractivity contribution >= 4 is 18.0 Å². The molecule has 0 amide bonds. The van der Waals surface area contributed by atoms with E-state index in [0.717, 1.165) is 5.56 Å². The van der Waals surface area contributed by atoms with Crippen LogP contribution in [0.25, 0.3) is 28.5 Å². The van der Waals surface area contributed by atoms with Gasteiger partial charge in [0.2, 0.25) is 0 Å². The number of aromatic nitrogens is 1. The second-order valence-corrected chi connectivity index (χ2v) is 7.63. The maximum atomic E-state index is 12.3. The van der Waals surface area contributed by atoms with Gasteiger partial charge in [-0.05, 0) is 53.1 Å². The molecule has 1 aromatic heterocycles. The number of esters is 1. The Morgan fingerprint density at radius 3 is 2.47 bits per heavy atom. The summed E-state index contributed by atoms with van der Waals surface area (Å²) in [6.45, 7) is 0.0582. The number of carboxylic acid groups (broad SMARTS) is 1. The summed E-state index contributed by atoms with van der Waals surface area (Å²) in [7, 11) is 1.20. The van der Waals surface area contributed by atoms with Crippen molar-refractivity contribution in [3.63, 3.8) is 0 Å². The molecule has 0 fully saturated rings. The fourth-order valence-corrected chi connectivity index (χ4v) is 3.50. The molecule has 0 saturated heterocycles. The maximum absolute atomic E-state index is 12.3. The molecule has 0 saturated carbocycles. The number of rotatable bonds is 8. The van der Waals surface area contributed by atoms with Gasteiger partial charge in [-0.3, -0.25) is 0 Å². The minimum Gasteiger partial charge on any atom is -0.508 e. The van der Waals surface area contributed by atoms with Crippen molar-refractivity contribution in [2.75, 3.05) is 13.7 Å². The number of hydrogen-bond donors (Lipinski definition) is 3. The second kappa shape index (κ2) is 10.5. The fourth-order valence-electron chi connectivity index (χ4n) is 3.50. The fraction of sp³-hybridized carbons (Fsp3) is 0.0741. The third-order valence-electron chi connectivity index (χ3n) is 5.20. The third kappa shape index (κ3) is 5.36. The molecule has 0 aliphatic rings. The zero-order chi connectivity index (χ0) is 25.7. The Labute approximate surface area is 205 Å². The van der Waals surface area contributed by atoms with Crippen molar-refractivity contribution in [3.05, 3.63) is 89.6 Å². The Kier molecular flexibility index (Phi) is 7.01. The summed E-state index contributed by atoms with van der Waals surface area (Å²) in [6.07, 6.45) is 3.48. The minimum absolute atomic E-state index is 0.0566. The molecule has 182 valence electrons. The van der Waals surface area contributed by atoms with Crippen LogP contribution >= 0.6 is 0 Å². The molecule has 3 aromatic carbocycles. The predicted octanol–water partition coefficient (Wildman–Crippen LogP) is 5.00. The van der Waals surface area contributed by atoms with Gasteiger partial charge in [0.05, 0.1) is 7.11 Å². The Morgan fingerprint density at radius 2 is 1.75 bits per heavy atom.